The average molecular weight is 492 g/mol. The SMILES string of the molecule is Cc1onc(-c2c(Cl)cccc2Cl)c1C(=O)NC1C(=O)N2C1SC(C)(C)[C@@H]2C(=O)[O-].[Na+]. The third-order valence-corrected chi connectivity index (χ3v) is 7.44. The number of aryl methyl sites for hydroxylation is 1. The molecule has 1 aromatic heterocycles. The van der Waals surface area contributed by atoms with Gasteiger partial charge in [-0.15, -0.1) is 11.8 Å². The maximum Gasteiger partial charge on any atom is 1.00 e. The van der Waals surface area contributed by atoms with Gasteiger partial charge < -0.3 is 24.6 Å². The largest absolute Gasteiger partial charge is 1.00 e. The number of rotatable bonds is 4. The maximum absolute atomic E-state index is 13.1. The molecule has 0 spiro atoms. The fourth-order valence-corrected chi connectivity index (χ4v) is 6.07. The topological polar surface area (TPSA) is 116 Å². The van der Waals surface area contributed by atoms with Crippen molar-refractivity contribution in [2.24, 2.45) is 0 Å². The summed E-state index contributed by atoms with van der Waals surface area (Å²) in [6.07, 6.45) is 0. The Balaban J connectivity index is 0.00000272. The molecular formula is C19H16Cl2N3NaO5S. The zero-order valence-electron chi connectivity index (χ0n) is 17.1. The van der Waals surface area contributed by atoms with Crippen LogP contribution in [0.15, 0.2) is 22.7 Å². The zero-order chi connectivity index (χ0) is 22.0. The third kappa shape index (κ3) is 3.89. The number of hydrogen-bond acceptors (Lipinski definition) is 7. The van der Waals surface area contributed by atoms with Crippen LogP contribution in [0.25, 0.3) is 11.3 Å². The number of nitrogens with one attached hydrogen (secondary N) is 1. The van der Waals surface area contributed by atoms with E-state index >= 15 is 0 Å². The number of aromatic nitrogens is 1. The summed E-state index contributed by atoms with van der Waals surface area (Å²) in [5, 5.41) is 18.2. The molecule has 1 aromatic carbocycles. The molecule has 2 aliphatic heterocycles. The Morgan fingerprint density at radius 3 is 2.48 bits per heavy atom. The van der Waals surface area contributed by atoms with E-state index in [1.54, 1.807) is 39.0 Å². The van der Waals surface area contributed by atoms with E-state index in [1.165, 1.54) is 16.7 Å². The Hall–Kier alpha value is -1.23. The van der Waals surface area contributed by atoms with Crippen LogP contribution in [0.1, 0.15) is 30.0 Å². The van der Waals surface area contributed by atoms with Gasteiger partial charge in [-0.1, -0.05) is 34.4 Å². The Bertz CT molecular complexity index is 1070. The molecule has 4 rings (SSSR count). The number of carboxylic acid groups (broad SMARTS) is 1. The number of aliphatic carboxylic acids is 1. The summed E-state index contributed by atoms with van der Waals surface area (Å²) in [5.74, 6) is -2.16. The molecule has 3 atom stereocenters. The van der Waals surface area contributed by atoms with Gasteiger partial charge in [0.2, 0.25) is 5.91 Å². The molecule has 8 nitrogen and oxygen atoms in total. The Morgan fingerprint density at radius 1 is 1.29 bits per heavy atom. The first-order chi connectivity index (χ1) is 14.0. The van der Waals surface area contributed by atoms with Crippen LogP contribution in [0.3, 0.4) is 0 Å². The van der Waals surface area contributed by atoms with Gasteiger partial charge in [0.1, 0.15) is 28.4 Å². The molecule has 2 amide bonds. The Kier molecular flexibility index (Phi) is 6.78. The monoisotopic (exact) mass is 491 g/mol. The van der Waals surface area contributed by atoms with Gasteiger partial charge >= 0.3 is 29.6 Å². The van der Waals surface area contributed by atoms with Gasteiger partial charge in [-0.3, -0.25) is 9.59 Å². The van der Waals surface area contributed by atoms with Crippen LogP contribution in [-0.2, 0) is 9.59 Å². The maximum atomic E-state index is 13.1. The van der Waals surface area contributed by atoms with Crippen LogP contribution in [0, 0.1) is 6.92 Å². The van der Waals surface area contributed by atoms with Gasteiger partial charge in [-0.05, 0) is 32.9 Å². The van der Waals surface area contributed by atoms with E-state index in [0.717, 1.165) is 0 Å². The van der Waals surface area contributed by atoms with E-state index in [-0.39, 0.29) is 46.6 Å². The first-order valence-corrected chi connectivity index (χ1v) is 10.6. The molecule has 2 aromatic rings. The molecule has 0 aliphatic carbocycles. The summed E-state index contributed by atoms with van der Waals surface area (Å²) in [5.41, 5.74) is 0.615. The summed E-state index contributed by atoms with van der Waals surface area (Å²) in [7, 11) is 0. The minimum atomic E-state index is -1.32. The second-order valence-electron chi connectivity index (χ2n) is 7.59. The second-order valence-corrected chi connectivity index (χ2v) is 10.2. The van der Waals surface area contributed by atoms with Crippen LogP contribution in [0.4, 0.5) is 0 Å². The molecule has 2 saturated heterocycles. The van der Waals surface area contributed by atoms with Crippen molar-refractivity contribution in [3.05, 3.63) is 39.6 Å². The summed E-state index contributed by atoms with van der Waals surface area (Å²) in [6, 6.07) is 2.94. The van der Waals surface area contributed by atoms with Crippen molar-refractivity contribution in [2.75, 3.05) is 0 Å². The normalized spacial score (nSPS) is 23.6. The van der Waals surface area contributed by atoms with Gasteiger partial charge in [0.15, 0.2) is 0 Å². The van der Waals surface area contributed by atoms with Crippen molar-refractivity contribution in [3.63, 3.8) is 0 Å². The molecule has 12 heteroatoms. The van der Waals surface area contributed by atoms with E-state index < -0.39 is 40.0 Å². The van der Waals surface area contributed by atoms with Crippen LogP contribution >= 0.6 is 35.0 Å². The van der Waals surface area contributed by atoms with Crippen molar-refractivity contribution in [3.8, 4) is 11.3 Å². The fraction of sp³-hybridized carbons (Fsp3) is 0.368. The number of hydrogen-bond donors (Lipinski definition) is 1. The van der Waals surface area contributed by atoms with E-state index in [2.05, 4.69) is 10.5 Å². The number of carbonyl (C=O) groups excluding carboxylic acids is 3. The minimum Gasteiger partial charge on any atom is -0.548 e. The molecule has 0 radical (unpaired) electrons. The molecule has 0 saturated carbocycles. The number of thioether (sulfide) groups is 1. The van der Waals surface area contributed by atoms with Crippen LogP contribution in [-0.4, -0.2) is 50.0 Å². The van der Waals surface area contributed by atoms with E-state index in [0.29, 0.717) is 15.6 Å². The summed E-state index contributed by atoms with van der Waals surface area (Å²) < 4.78 is 4.45. The van der Waals surface area contributed by atoms with Crippen molar-refractivity contribution in [1.82, 2.24) is 15.4 Å². The first kappa shape index (κ1) is 24.4. The third-order valence-electron chi connectivity index (χ3n) is 5.24. The van der Waals surface area contributed by atoms with Crippen LogP contribution in [0.2, 0.25) is 10.0 Å². The smallest absolute Gasteiger partial charge is 0.548 e. The molecule has 2 unspecified atom stereocenters. The predicted molar refractivity (Wildman–Crippen MR) is 109 cm³/mol. The van der Waals surface area contributed by atoms with Crippen molar-refractivity contribution < 1.29 is 53.6 Å². The van der Waals surface area contributed by atoms with Gasteiger partial charge in [-0.2, -0.15) is 0 Å². The molecular weight excluding hydrogens is 476 g/mol. The number of carboxylic acids is 1. The van der Waals surface area contributed by atoms with Crippen molar-refractivity contribution >= 4 is 52.7 Å². The number of benzene rings is 1. The number of nitrogens with zero attached hydrogens (tertiary/aromatic N) is 2. The first-order valence-electron chi connectivity index (χ1n) is 8.97. The standard InChI is InChI=1S/C19H17Cl2N3O5S.Na/c1-7-10(12(23-29-7)11-8(20)5-4-6-9(11)21)15(25)22-13-16(26)24-14(18(27)28)19(2,3)30-17(13)24;/h4-6,13-14,17H,1-3H3,(H,22,25)(H,27,28);/q;+1/p-1/t13?,14-,17?;/m0./s1. The number of β-lactam (4-membered cyclic amide) rings is 1. The van der Waals surface area contributed by atoms with E-state index in [9.17, 15) is 19.5 Å². The average Bonchev–Trinajstić information content (AvgIpc) is 3.14. The van der Waals surface area contributed by atoms with Gasteiger partial charge in [0.05, 0.1) is 22.1 Å². The minimum absolute atomic E-state index is 0. The second kappa shape index (κ2) is 8.61. The molecule has 31 heavy (non-hydrogen) atoms. The van der Waals surface area contributed by atoms with Crippen molar-refractivity contribution in [1.29, 1.82) is 0 Å². The Morgan fingerprint density at radius 2 is 1.90 bits per heavy atom. The van der Waals surface area contributed by atoms with E-state index in [1.807, 2.05) is 0 Å². The molecule has 158 valence electrons. The molecule has 1 N–H and O–H groups in total. The number of halogens is 2. The number of carbonyl (C=O) groups is 3. The predicted octanol–water partition coefficient (Wildman–Crippen LogP) is -1.13. The van der Waals surface area contributed by atoms with Crippen molar-refractivity contribution in [2.45, 2.75) is 43.0 Å². The molecule has 3 heterocycles. The van der Waals surface area contributed by atoms with Gasteiger partial charge in [0, 0.05) is 10.3 Å². The summed E-state index contributed by atoms with van der Waals surface area (Å²) in [4.78, 5) is 38.5. The molecule has 2 aliphatic rings. The molecule has 2 fully saturated rings. The summed E-state index contributed by atoms with van der Waals surface area (Å²) >= 11 is 13.8. The van der Waals surface area contributed by atoms with Crippen LogP contribution < -0.4 is 40.0 Å². The van der Waals surface area contributed by atoms with Gasteiger partial charge in [-0.25, -0.2) is 0 Å². The number of amides is 2. The summed E-state index contributed by atoms with van der Waals surface area (Å²) in [6.45, 7) is 5.01. The van der Waals surface area contributed by atoms with E-state index in [4.69, 9.17) is 27.7 Å². The van der Waals surface area contributed by atoms with Crippen LogP contribution in [0.5, 0.6) is 0 Å². The zero-order valence-corrected chi connectivity index (χ0v) is 21.4. The number of fused-ring (bicyclic) bond motifs is 1. The molecule has 0 bridgehead atoms. The fourth-order valence-electron chi connectivity index (χ4n) is 3.87. The quantitative estimate of drug-likeness (QED) is 0.425. The Labute approximate surface area is 214 Å². The van der Waals surface area contributed by atoms with Gasteiger partial charge in [0.25, 0.3) is 5.91 Å².